The van der Waals surface area contributed by atoms with Gasteiger partial charge in [-0.15, -0.1) is 0 Å². The summed E-state index contributed by atoms with van der Waals surface area (Å²) in [7, 11) is 0. The summed E-state index contributed by atoms with van der Waals surface area (Å²) in [6.07, 6.45) is 1.34. The summed E-state index contributed by atoms with van der Waals surface area (Å²) < 4.78 is 5.28. The molecule has 14 heavy (non-hydrogen) atoms. The summed E-state index contributed by atoms with van der Waals surface area (Å²) in [4.78, 5) is 21.2. The number of carbonyl (C=O) groups excluding carboxylic acids is 1. The van der Waals surface area contributed by atoms with Gasteiger partial charge in [0.15, 0.2) is 6.10 Å². The van der Waals surface area contributed by atoms with E-state index in [-0.39, 0.29) is 12.0 Å². The van der Waals surface area contributed by atoms with E-state index < -0.39 is 12.1 Å². The van der Waals surface area contributed by atoms with E-state index >= 15 is 0 Å². The molecule has 1 aliphatic heterocycles. The van der Waals surface area contributed by atoms with Gasteiger partial charge in [0, 0.05) is 13.5 Å². The number of ether oxygens (including phenoxy) is 1. The van der Waals surface area contributed by atoms with E-state index in [1.807, 2.05) is 0 Å². The first-order chi connectivity index (χ1) is 6.59. The molecule has 1 saturated heterocycles. The van der Waals surface area contributed by atoms with Crippen LogP contribution in [-0.2, 0) is 14.3 Å². The van der Waals surface area contributed by atoms with Crippen LogP contribution in [0.5, 0.6) is 0 Å². The molecule has 0 saturated carbocycles. The lowest BCUT2D eigenvalue weighted by Crippen LogP contribution is -2.40. The smallest absolute Gasteiger partial charge is 0.332 e. The van der Waals surface area contributed by atoms with Crippen LogP contribution in [0, 0.1) is 0 Å². The fourth-order valence-electron chi connectivity index (χ4n) is 1.49. The van der Waals surface area contributed by atoms with Crippen molar-refractivity contribution in [3.63, 3.8) is 0 Å². The molecule has 1 rings (SSSR count). The van der Waals surface area contributed by atoms with Crippen molar-refractivity contribution in [2.45, 2.75) is 38.4 Å². The first kappa shape index (κ1) is 11.0. The van der Waals surface area contributed by atoms with Crippen molar-refractivity contribution in [3.05, 3.63) is 0 Å². The fraction of sp³-hybridized carbons (Fsp3) is 0.778. The fourth-order valence-corrected chi connectivity index (χ4v) is 1.49. The van der Waals surface area contributed by atoms with Gasteiger partial charge >= 0.3 is 5.97 Å². The standard InChI is InChI=1S/C9H15NO4/c1-6(11)10-5-7-3-2-4-8(14-7)9(12)13/h7-8H,2-5H2,1H3,(H,10,11)(H,12,13)/t7-,8+/m0/s1. The average molecular weight is 201 g/mol. The van der Waals surface area contributed by atoms with Crippen LogP contribution in [0.4, 0.5) is 0 Å². The molecule has 1 amide bonds. The predicted molar refractivity (Wildman–Crippen MR) is 48.8 cm³/mol. The molecule has 0 aromatic rings. The number of nitrogens with one attached hydrogen (secondary N) is 1. The predicted octanol–water partition coefficient (Wildman–Crippen LogP) is 0.145. The molecule has 0 bridgehead atoms. The molecule has 0 aliphatic carbocycles. The second-order valence-corrected chi connectivity index (χ2v) is 3.45. The largest absolute Gasteiger partial charge is 0.479 e. The quantitative estimate of drug-likeness (QED) is 0.681. The van der Waals surface area contributed by atoms with Gasteiger partial charge < -0.3 is 15.2 Å². The van der Waals surface area contributed by atoms with Crippen LogP contribution < -0.4 is 5.32 Å². The number of carboxylic acids is 1. The van der Waals surface area contributed by atoms with Gasteiger partial charge in [-0.05, 0) is 19.3 Å². The minimum atomic E-state index is -0.919. The van der Waals surface area contributed by atoms with Gasteiger partial charge in [-0.1, -0.05) is 0 Å². The van der Waals surface area contributed by atoms with Crippen molar-refractivity contribution in [2.24, 2.45) is 0 Å². The van der Waals surface area contributed by atoms with Crippen LogP contribution in [-0.4, -0.2) is 35.7 Å². The summed E-state index contributed by atoms with van der Waals surface area (Å²) >= 11 is 0. The zero-order valence-electron chi connectivity index (χ0n) is 8.16. The monoisotopic (exact) mass is 201 g/mol. The van der Waals surface area contributed by atoms with Crippen molar-refractivity contribution in [2.75, 3.05) is 6.54 Å². The Labute approximate surface area is 82.4 Å². The van der Waals surface area contributed by atoms with Gasteiger partial charge in [0.2, 0.25) is 5.91 Å². The van der Waals surface area contributed by atoms with Crippen LogP contribution in [0.1, 0.15) is 26.2 Å². The molecule has 0 radical (unpaired) electrons. The van der Waals surface area contributed by atoms with E-state index in [1.54, 1.807) is 0 Å². The molecule has 1 aliphatic rings. The van der Waals surface area contributed by atoms with Crippen LogP contribution in [0.3, 0.4) is 0 Å². The molecule has 2 N–H and O–H groups in total. The van der Waals surface area contributed by atoms with E-state index in [0.29, 0.717) is 13.0 Å². The molecule has 80 valence electrons. The van der Waals surface area contributed by atoms with Crippen LogP contribution in [0.15, 0.2) is 0 Å². The first-order valence-electron chi connectivity index (χ1n) is 4.72. The topological polar surface area (TPSA) is 75.6 Å². The van der Waals surface area contributed by atoms with Crippen LogP contribution in [0.2, 0.25) is 0 Å². The molecule has 0 unspecified atom stereocenters. The van der Waals surface area contributed by atoms with Crippen molar-refractivity contribution in [1.82, 2.24) is 5.32 Å². The number of hydrogen-bond donors (Lipinski definition) is 2. The highest BCUT2D eigenvalue weighted by atomic mass is 16.5. The highest BCUT2D eigenvalue weighted by Crippen LogP contribution is 2.18. The molecule has 0 aromatic heterocycles. The summed E-state index contributed by atoms with van der Waals surface area (Å²) in [6, 6.07) is 0. The Morgan fingerprint density at radius 3 is 2.79 bits per heavy atom. The summed E-state index contributed by atoms with van der Waals surface area (Å²) in [5.74, 6) is -1.04. The third-order valence-corrected chi connectivity index (χ3v) is 2.20. The van der Waals surface area contributed by atoms with Gasteiger partial charge in [-0.3, -0.25) is 4.79 Å². The lowest BCUT2D eigenvalue weighted by Gasteiger charge is -2.27. The molecular formula is C9H15NO4. The number of carbonyl (C=O) groups is 2. The maximum absolute atomic E-state index is 10.6. The summed E-state index contributed by atoms with van der Waals surface area (Å²) in [5.41, 5.74) is 0. The number of amides is 1. The molecule has 5 heteroatoms. The lowest BCUT2D eigenvalue weighted by molar-refractivity contribution is -0.158. The number of aliphatic carboxylic acids is 1. The lowest BCUT2D eigenvalue weighted by atomic mass is 10.0. The van der Waals surface area contributed by atoms with Crippen molar-refractivity contribution < 1.29 is 19.4 Å². The van der Waals surface area contributed by atoms with E-state index in [0.717, 1.165) is 12.8 Å². The normalized spacial score (nSPS) is 26.9. The number of carboxylic acid groups (broad SMARTS) is 1. The average Bonchev–Trinajstić information content (AvgIpc) is 2.15. The van der Waals surface area contributed by atoms with Crippen molar-refractivity contribution in [1.29, 1.82) is 0 Å². The maximum Gasteiger partial charge on any atom is 0.332 e. The van der Waals surface area contributed by atoms with E-state index in [4.69, 9.17) is 9.84 Å². The van der Waals surface area contributed by atoms with Gasteiger partial charge in [0.25, 0.3) is 0 Å². The van der Waals surface area contributed by atoms with Gasteiger partial charge in [-0.2, -0.15) is 0 Å². The van der Waals surface area contributed by atoms with Crippen molar-refractivity contribution >= 4 is 11.9 Å². The Morgan fingerprint density at radius 2 is 2.21 bits per heavy atom. The summed E-state index contributed by atoms with van der Waals surface area (Å²) in [6.45, 7) is 1.83. The Balaban J connectivity index is 2.32. The van der Waals surface area contributed by atoms with E-state index in [2.05, 4.69) is 5.32 Å². The Kier molecular flexibility index (Phi) is 3.88. The highest BCUT2D eigenvalue weighted by Gasteiger charge is 2.27. The SMILES string of the molecule is CC(=O)NC[C@@H]1CCC[C@H](C(=O)O)O1. The molecule has 0 spiro atoms. The molecule has 1 heterocycles. The molecule has 5 nitrogen and oxygen atoms in total. The van der Waals surface area contributed by atoms with Gasteiger partial charge in [0.1, 0.15) is 0 Å². The third kappa shape index (κ3) is 3.33. The molecule has 1 fully saturated rings. The van der Waals surface area contributed by atoms with Crippen molar-refractivity contribution in [3.8, 4) is 0 Å². The Hall–Kier alpha value is -1.10. The summed E-state index contributed by atoms with van der Waals surface area (Å²) in [5, 5.41) is 11.3. The zero-order chi connectivity index (χ0) is 10.6. The Morgan fingerprint density at radius 1 is 1.50 bits per heavy atom. The van der Waals surface area contributed by atoms with Gasteiger partial charge in [-0.25, -0.2) is 4.79 Å². The van der Waals surface area contributed by atoms with E-state index in [1.165, 1.54) is 6.92 Å². The zero-order valence-corrected chi connectivity index (χ0v) is 8.16. The van der Waals surface area contributed by atoms with Crippen LogP contribution >= 0.6 is 0 Å². The molecule has 0 aromatic carbocycles. The first-order valence-corrected chi connectivity index (χ1v) is 4.72. The minimum absolute atomic E-state index is 0.119. The Bertz CT molecular complexity index is 229. The second kappa shape index (κ2) is 4.95. The molecular weight excluding hydrogens is 186 g/mol. The minimum Gasteiger partial charge on any atom is -0.479 e. The van der Waals surface area contributed by atoms with Crippen LogP contribution in [0.25, 0.3) is 0 Å². The highest BCUT2D eigenvalue weighted by molar-refractivity contribution is 5.73. The molecule has 2 atom stereocenters. The number of rotatable bonds is 3. The number of hydrogen-bond acceptors (Lipinski definition) is 3. The second-order valence-electron chi connectivity index (χ2n) is 3.45. The third-order valence-electron chi connectivity index (χ3n) is 2.20. The van der Waals surface area contributed by atoms with E-state index in [9.17, 15) is 9.59 Å². The maximum atomic E-state index is 10.6. The van der Waals surface area contributed by atoms with Gasteiger partial charge in [0.05, 0.1) is 6.10 Å².